The molecule has 2 rings (SSSR count). The summed E-state index contributed by atoms with van der Waals surface area (Å²) in [5.41, 5.74) is 5.85. The first-order valence-corrected chi connectivity index (χ1v) is 6.27. The molecule has 0 radical (unpaired) electrons. The third kappa shape index (κ3) is 2.33. The molecule has 1 amide bonds. The Labute approximate surface area is 91.8 Å². The van der Waals surface area contributed by atoms with Gasteiger partial charge in [0.05, 0.1) is 0 Å². The largest absolute Gasteiger partial charge is 0.354 e. The summed E-state index contributed by atoms with van der Waals surface area (Å²) in [5, 5.41) is 2.99. The van der Waals surface area contributed by atoms with E-state index in [0.717, 1.165) is 12.8 Å². The average molecular weight is 210 g/mol. The van der Waals surface area contributed by atoms with E-state index < -0.39 is 0 Å². The lowest BCUT2D eigenvalue weighted by Gasteiger charge is -2.12. The van der Waals surface area contributed by atoms with Gasteiger partial charge in [-0.1, -0.05) is 19.8 Å². The summed E-state index contributed by atoms with van der Waals surface area (Å²) in [6.45, 7) is 2.77. The van der Waals surface area contributed by atoms with E-state index in [1.165, 1.54) is 19.3 Å². The molecule has 0 aromatic carbocycles. The lowest BCUT2D eigenvalue weighted by molar-refractivity contribution is -0.123. The van der Waals surface area contributed by atoms with Gasteiger partial charge in [0.2, 0.25) is 5.91 Å². The van der Waals surface area contributed by atoms with Crippen molar-refractivity contribution < 1.29 is 4.79 Å². The standard InChI is InChI=1S/C12H22N2O/c1-2-4-8(13)7-14-12(15)11-9-5-3-6-10(9)11/h8-11H,2-7,13H2,1H3,(H,14,15). The Kier molecular flexibility index (Phi) is 3.29. The van der Waals surface area contributed by atoms with Crippen molar-refractivity contribution in [1.29, 1.82) is 0 Å². The highest BCUT2D eigenvalue weighted by Crippen LogP contribution is 2.57. The summed E-state index contributed by atoms with van der Waals surface area (Å²) < 4.78 is 0. The first-order valence-electron chi connectivity index (χ1n) is 6.27. The fraction of sp³-hybridized carbons (Fsp3) is 0.917. The van der Waals surface area contributed by atoms with Crippen molar-refractivity contribution in [3.63, 3.8) is 0 Å². The van der Waals surface area contributed by atoms with Crippen molar-refractivity contribution >= 4 is 5.91 Å². The number of carbonyl (C=O) groups is 1. The summed E-state index contributed by atoms with van der Waals surface area (Å²) in [4.78, 5) is 11.8. The Hall–Kier alpha value is -0.570. The molecule has 3 atom stereocenters. The van der Waals surface area contributed by atoms with Gasteiger partial charge in [0.1, 0.15) is 0 Å². The van der Waals surface area contributed by atoms with Crippen LogP contribution in [-0.2, 0) is 4.79 Å². The van der Waals surface area contributed by atoms with E-state index in [0.29, 0.717) is 24.3 Å². The maximum atomic E-state index is 11.8. The number of fused-ring (bicyclic) bond motifs is 1. The van der Waals surface area contributed by atoms with Crippen LogP contribution in [0.25, 0.3) is 0 Å². The molecule has 0 bridgehead atoms. The predicted octanol–water partition coefficient (Wildman–Crippen LogP) is 1.28. The van der Waals surface area contributed by atoms with Crippen LogP contribution in [0.15, 0.2) is 0 Å². The maximum absolute atomic E-state index is 11.8. The minimum absolute atomic E-state index is 0.137. The first-order chi connectivity index (χ1) is 7.24. The maximum Gasteiger partial charge on any atom is 0.223 e. The predicted molar refractivity (Wildman–Crippen MR) is 60.2 cm³/mol. The number of rotatable bonds is 5. The second kappa shape index (κ2) is 4.52. The number of carbonyl (C=O) groups excluding carboxylic acids is 1. The van der Waals surface area contributed by atoms with Crippen LogP contribution in [0.4, 0.5) is 0 Å². The first kappa shape index (κ1) is 10.9. The molecule has 0 saturated heterocycles. The van der Waals surface area contributed by atoms with Crippen LogP contribution in [0.3, 0.4) is 0 Å². The van der Waals surface area contributed by atoms with E-state index in [4.69, 9.17) is 5.73 Å². The van der Waals surface area contributed by atoms with Gasteiger partial charge in [0.25, 0.3) is 0 Å². The van der Waals surface area contributed by atoms with Gasteiger partial charge >= 0.3 is 0 Å². The summed E-state index contributed by atoms with van der Waals surface area (Å²) in [6.07, 6.45) is 5.95. The van der Waals surface area contributed by atoms with E-state index in [-0.39, 0.29) is 11.9 Å². The number of nitrogens with two attached hydrogens (primary N) is 1. The molecule has 0 aromatic heterocycles. The van der Waals surface area contributed by atoms with Crippen molar-refractivity contribution in [3.05, 3.63) is 0 Å². The molecule has 0 aromatic rings. The number of hydrogen-bond donors (Lipinski definition) is 2. The van der Waals surface area contributed by atoms with E-state index in [1.807, 2.05) is 0 Å². The normalized spacial score (nSPS) is 34.7. The van der Waals surface area contributed by atoms with Gasteiger partial charge in [-0.05, 0) is 31.1 Å². The van der Waals surface area contributed by atoms with E-state index >= 15 is 0 Å². The third-order valence-corrected chi connectivity index (χ3v) is 3.91. The van der Waals surface area contributed by atoms with Crippen molar-refractivity contribution in [3.8, 4) is 0 Å². The van der Waals surface area contributed by atoms with Gasteiger partial charge in [-0.3, -0.25) is 4.79 Å². The van der Waals surface area contributed by atoms with E-state index in [2.05, 4.69) is 12.2 Å². The Morgan fingerprint density at radius 2 is 2.13 bits per heavy atom. The lowest BCUT2D eigenvalue weighted by atomic mass is 10.1. The molecule has 0 heterocycles. The second-order valence-corrected chi connectivity index (χ2v) is 5.08. The zero-order valence-electron chi connectivity index (χ0n) is 9.54. The minimum Gasteiger partial charge on any atom is -0.354 e. The lowest BCUT2D eigenvalue weighted by Crippen LogP contribution is -2.38. The van der Waals surface area contributed by atoms with Crippen LogP contribution in [-0.4, -0.2) is 18.5 Å². The Morgan fingerprint density at radius 3 is 2.73 bits per heavy atom. The van der Waals surface area contributed by atoms with Gasteiger partial charge < -0.3 is 11.1 Å². The fourth-order valence-corrected chi connectivity index (χ4v) is 3.03. The molecular formula is C12H22N2O. The second-order valence-electron chi connectivity index (χ2n) is 5.08. The monoisotopic (exact) mass is 210 g/mol. The van der Waals surface area contributed by atoms with Gasteiger partial charge in [-0.2, -0.15) is 0 Å². The molecule has 2 saturated carbocycles. The smallest absolute Gasteiger partial charge is 0.223 e. The minimum atomic E-state index is 0.137. The van der Waals surface area contributed by atoms with Crippen molar-refractivity contribution in [1.82, 2.24) is 5.32 Å². The van der Waals surface area contributed by atoms with Crippen LogP contribution in [0.1, 0.15) is 39.0 Å². The molecule has 86 valence electrons. The van der Waals surface area contributed by atoms with E-state index in [1.54, 1.807) is 0 Å². The SMILES string of the molecule is CCCC(N)CNC(=O)C1C2CCCC21. The highest BCUT2D eigenvalue weighted by atomic mass is 16.2. The molecule has 2 fully saturated rings. The highest BCUT2D eigenvalue weighted by Gasteiger charge is 2.56. The zero-order chi connectivity index (χ0) is 10.8. The quantitative estimate of drug-likeness (QED) is 0.718. The summed E-state index contributed by atoms with van der Waals surface area (Å²) in [5.74, 6) is 2.03. The van der Waals surface area contributed by atoms with Crippen LogP contribution < -0.4 is 11.1 Å². The Bertz CT molecular complexity index is 232. The third-order valence-electron chi connectivity index (χ3n) is 3.91. The zero-order valence-corrected chi connectivity index (χ0v) is 9.54. The van der Waals surface area contributed by atoms with Crippen molar-refractivity contribution in [2.24, 2.45) is 23.5 Å². The summed E-state index contributed by atoms with van der Waals surface area (Å²) in [7, 11) is 0. The highest BCUT2D eigenvalue weighted by molar-refractivity contribution is 5.82. The molecule has 15 heavy (non-hydrogen) atoms. The van der Waals surface area contributed by atoms with Crippen molar-refractivity contribution in [2.45, 2.75) is 45.1 Å². The Balaban J connectivity index is 1.66. The fourth-order valence-electron chi connectivity index (χ4n) is 3.03. The van der Waals surface area contributed by atoms with Gasteiger partial charge in [0.15, 0.2) is 0 Å². The van der Waals surface area contributed by atoms with Crippen LogP contribution in [0.2, 0.25) is 0 Å². The number of nitrogens with one attached hydrogen (secondary N) is 1. The number of amides is 1. The topological polar surface area (TPSA) is 55.1 Å². The molecular weight excluding hydrogens is 188 g/mol. The van der Waals surface area contributed by atoms with Crippen molar-refractivity contribution in [2.75, 3.05) is 6.54 Å². The van der Waals surface area contributed by atoms with Crippen LogP contribution >= 0.6 is 0 Å². The molecule has 3 nitrogen and oxygen atoms in total. The molecule has 0 spiro atoms. The molecule has 2 aliphatic carbocycles. The average Bonchev–Trinajstić information content (AvgIpc) is 2.69. The molecule has 3 N–H and O–H groups in total. The van der Waals surface area contributed by atoms with E-state index in [9.17, 15) is 4.79 Å². The van der Waals surface area contributed by atoms with Gasteiger partial charge in [0, 0.05) is 18.5 Å². The molecule has 0 aliphatic heterocycles. The van der Waals surface area contributed by atoms with Crippen LogP contribution in [0, 0.1) is 17.8 Å². The van der Waals surface area contributed by atoms with Gasteiger partial charge in [-0.25, -0.2) is 0 Å². The summed E-state index contributed by atoms with van der Waals surface area (Å²) >= 11 is 0. The molecule has 3 heteroatoms. The molecule has 2 aliphatic rings. The van der Waals surface area contributed by atoms with Gasteiger partial charge in [-0.15, -0.1) is 0 Å². The molecule has 3 unspecified atom stereocenters. The van der Waals surface area contributed by atoms with Crippen LogP contribution in [0.5, 0.6) is 0 Å². The number of hydrogen-bond acceptors (Lipinski definition) is 2. The Morgan fingerprint density at radius 1 is 1.47 bits per heavy atom. The summed E-state index contributed by atoms with van der Waals surface area (Å²) in [6, 6.07) is 0.137.